The molecule has 0 saturated carbocycles. The molecule has 0 fully saturated rings. The summed E-state index contributed by atoms with van der Waals surface area (Å²) in [4.78, 5) is 2.01. The average Bonchev–Trinajstić information content (AvgIpc) is 2.68. The molecule has 0 radical (unpaired) electrons. The van der Waals surface area contributed by atoms with Gasteiger partial charge in [-0.25, -0.2) is 13.1 Å². The van der Waals surface area contributed by atoms with Gasteiger partial charge in [0.2, 0.25) is 0 Å². The molecule has 0 aliphatic carbocycles. The fourth-order valence-corrected chi connectivity index (χ4v) is 3.21. The maximum absolute atomic E-state index is 12.2. The second kappa shape index (κ2) is 6.47. The van der Waals surface area contributed by atoms with Crippen molar-refractivity contribution in [2.45, 2.75) is 37.9 Å². The number of sulfonamides is 1. The number of aromatic nitrogens is 2. The van der Waals surface area contributed by atoms with E-state index in [4.69, 9.17) is 5.73 Å². The molecule has 8 heteroatoms. The summed E-state index contributed by atoms with van der Waals surface area (Å²) in [5.74, 6) is 0. The molecule has 0 spiro atoms. The lowest BCUT2D eigenvalue weighted by atomic mass is 10.2. The first kappa shape index (κ1) is 16.1. The number of hydrogen-bond acceptors (Lipinski definition) is 5. The minimum Gasteiger partial charge on any atom is -0.326 e. The van der Waals surface area contributed by atoms with Crippen LogP contribution in [0.25, 0.3) is 0 Å². The molecule has 0 aliphatic heterocycles. The summed E-state index contributed by atoms with van der Waals surface area (Å²) in [5, 5.41) is 6.50. The Hall–Kier alpha value is -0.960. The molecule has 0 aliphatic rings. The van der Waals surface area contributed by atoms with Gasteiger partial charge in [0.1, 0.15) is 0 Å². The van der Waals surface area contributed by atoms with E-state index in [1.54, 1.807) is 6.92 Å². The van der Waals surface area contributed by atoms with Gasteiger partial charge in [-0.3, -0.25) is 5.10 Å². The van der Waals surface area contributed by atoms with Crippen molar-refractivity contribution in [3.63, 3.8) is 0 Å². The van der Waals surface area contributed by atoms with Crippen LogP contribution in [-0.2, 0) is 16.6 Å². The third-order valence-corrected chi connectivity index (χ3v) is 4.42. The first-order valence-electron chi connectivity index (χ1n) is 6.19. The number of H-pyrrole nitrogens is 1. The topological polar surface area (TPSA) is 104 Å². The molecule has 0 aromatic carbocycles. The zero-order chi connectivity index (χ0) is 14.6. The Morgan fingerprint density at radius 3 is 2.63 bits per heavy atom. The van der Waals surface area contributed by atoms with Gasteiger partial charge in [-0.15, -0.1) is 0 Å². The Kier molecular flexibility index (Phi) is 5.48. The van der Waals surface area contributed by atoms with Gasteiger partial charge in [-0.2, -0.15) is 5.10 Å². The number of rotatable bonds is 7. The van der Waals surface area contributed by atoms with E-state index in [0.717, 1.165) is 13.0 Å². The van der Waals surface area contributed by atoms with E-state index in [-0.39, 0.29) is 17.6 Å². The number of hydrogen-bond donors (Lipinski definition) is 3. The van der Waals surface area contributed by atoms with E-state index in [1.807, 2.05) is 25.9 Å². The number of nitrogens with zero attached hydrogens (tertiary/aromatic N) is 2. The number of nitrogens with two attached hydrogens (primary N) is 1. The molecular weight excluding hydrogens is 266 g/mol. The maximum Gasteiger partial charge on any atom is 0.260 e. The molecule has 1 atom stereocenters. The third kappa shape index (κ3) is 4.27. The lowest BCUT2D eigenvalue weighted by Crippen LogP contribution is -2.35. The molecule has 110 valence electrons. The SMILES string of the molecule is Cc1[nH]nc(S(=O)(=O)NC(C)CCN(C)C)c1CN. The molecule has 19 heavy (non-hydrogen) atoms. The van der Waals surface area contributed by atoms with Gasteiger partial charge in [-0.05, 0) is 40.9 Å². The molecular formula is C11H23N5O2S. The van der Waals surface area contributed by atoms with Gasteiger partial charge >= 0.3 is 0 Å². The lowest BCUT2D eigenvalue weighted by Gasteiger charge is -2.16. The van der Waals surface area contributed by atoms with E-state index >= 15 is 0 Å². The van der Waals surface area contributed by atoms with E-state index in [0.29, 0.717) is 11.3 Å². The summed E-state index contributed by atoms with van der Waals surface area (Å²) in [6, 6.07) is -0.157. The predicted molar refractivity (Wildman–Crippen MR) is 74.2 cm³/mol. The van der Waals surface area contributed by atoms with Gasteiger partial charge in [0.15, 0.2) is 5.03 Å². The molecule has 1 unspecified atom stereocenters. The smallest absolute Gasteiger partial charge is 0.260 e. The van der Waals surface area contributed by atoms with Crippen molar-refractivity contribution in [1.29, 1.82) is 0 Å². The van der Waals surface area contributed by atoms with Crippen LogP contribution in [0.4, 0.5) is 0 Å². The van der Waals surface area contributed by atoms with Crippen LogP contribution in [-0.4, -0.2) is 50.2 Å². The summed E-state index contributed by atoms with van der Waals surface area (Å²) < 4.78 is 27.1. The molecule has 4 N–H and O–H groups in total. The van der Waals surface area contributed by atoms with Crippen LogP contribution in [0, 0.1) is 6.92 Å². The van der Waals surface area contributed by atoms with E-state index in [2.05, 4.69) is 14.9 Å². The van der Waals surface area contributed by atoms with E-state index in [1.165, 1.54) is 0 Å². The first-order valence-corrected chi connectivity index (χ1v) is 7.67. The fourth-order valence-electron chi connectivity index (χ4n) is 1.72. The highest BCUT2D eigenvalue weighted by atomic mass is 32.2. The lowest BCUT2D eigenvalue weighted by molar-refractivity contribution is 0.378. The van der Waals surface area contributed by atoms with Crippen LogP contribution in [0.15, 0.2) is 5.03 Å². The molecule has 1 aromatic rings. The van der Waals surface area contributed by atoms with Gasteiger partial charge in [0.25, 0.3) is 10.0 Å². The van der Waals surface area contributed by atoms with Crippen LogP contribution in [0.2, 0.25) is 0 Å². The van der Waals surface area contributed by atoms with Crippen molar-refractivity contribution in [3.8, 4) is 0 Å². The van der Waals surface area contributed by atoms with Gasteiger partial charge < -0.3 is 10.6 Å². The standard InChI is InChI=1S/C11H23N5O2S/c1-8(5-6-16(3)4)15-19(17,18)11-10(7-12)9(2)13-14-11/h8,15H,5-7,12H2,1-4H3,(H,13,14). The van der Waals surface area contributed by atoms with Crippen molar-refractivity contribution in [3.05, 3.63) is 11.3 Å². The highest BCUT2D eigenvalue weighted by molar-refractivity contribution is 7.89. The molecule has 1 heterocycles. The highest BCUT2D eigenvalue weighted by Gasteiger charge is 2.24. The number of aryl methyl sites for hydroxylation is 1. The summed E-state index contributed by atoms with van der Waals surface area (Å²) in [7, 11) is 0.278. The largest absolute Gasteiger partial charge is 0.326 e. The van der Waals surface area contributed by atoms with Crippen LogP contribution >= 0.6 is 0 Å². The second-order valence-corrected chi connectivity index (χ2v) is 6.58. The van der Waals surface area contributed by atoms with Crippen molar-refractivity contribution < 1.29 is 8.42 Å². The Balaban J connectivity index is 2.81. The van der Waals surface area contributed by atoms with E-state index < -0.39 is 10.0 Å². The van der Waals surface area contributed by atoms with Crippen LogP contribution < -0.4 is 10.5 Å². The van der Waals surface area contributed by atoms with Gasteiger partial charge in [0.05, 0.1) is 0 Å². The molecule has 1 aromatic heterocycles. The monoisotopic (exact) mass is 289 g/mol. The molecule has 1 rings (SSSR count). The second-order valence-electron chi connectivity index (χ2n) is 4.95. The fraction of sp³-hybridized carbons (Fsp3) is 0.727. The summed E-state index contributed by atoms with van der Waals surface area (Å²) in [6.07, 6.45) is 0.730. The quantitative estimate of drug-likeness (QED) is 0.644. The zero-order valence-electron chi connectivity index (χ0n) is 11.9. The Labute approximate surface area is 114 Å². The van der Waals surface area contributed by atoms with Crippen molar-refractivity contribution in [2.24, 2.45) is 5.73 Å². The van der Waals surface area contributed by atoms with Crippen molar-refractivity contribution >= 4 is 10.0 Å². The van der Waals surface area contributed by atoms with Gasteiger partial charge in [0, 0.05) is 23.8 Å². The summed E-state index contributed by atoms with van der Waals surface area (Å²) in [6.45, 7) is 4.55. The number of aromatic amines is 1. The zero-order valence-corrected chi connectivity index (χ0v) is 12.7. The third-order valence-electron chi connectivity index (χ3n) is 2.86. The molecule has 0 saturated heterocycles. The first-order chi connectivity index (χ1) is 8.77. The minimum atomic E-state index is -3.62. The normalized spacial score (nSPS) is 14.0. The Bertz CT molecular complexity index is 509. The molecule has 7 nitrogen and oxygen atoms in total. The molecule has 0 bridgehead atoms. The Morgan fingerprint density at radius 2 is 2.11 bits per heavy atom. The van der Waals surface area contributed by atoms with Crippen molar-refractivity contribution in [1.82, 2.24) is 19.8 Å². The maximum atomic E-state index is 12.2. The van der Waals surface area contributed by atoms with E-state index in [9.17, 15) is 8.42 Å². The van der Waals surface area contributed by atoms with Crippen LogP contribution in [0.1, 0.15) is 24.6 Å². The number of nitrogens with one attached hydrogen (secondary N) is 2. The highest BCUT2D eigenvalue weighted by Crippen LogP contribution is 2.15. The van der Waals surface area contributed by atoms with Gasteiger partial charge in [-0.1, -0.05) is 0 Å². The van der Waals surface area contributed by atoms with Crippen LogP contribution in [0.5, 0.6) is 0 Å². The summed E-state index contributed by atoms with van der Waals surface area (Å²) >= 11 is 0. The van der Waals surface area contributed by atoms with Crippen molar-refractivity contribution in [2.75, 3.05) is 20.6 Å². The summed E-state index contributed by atoms with van der Waals surface area (Å²) in [5.41, 5.74) is 6.78. The minimum absolute atomic E-state index is 0.00389. The Morgan fingerprint density at radius 1 is 1.47 bits per heavy atom. The molecule has 0 amide bonds. The predicted octanol–water partition coefficient (Wildman–Crippen LogP) is -0.205. The average molecular weight is 289 g/mol. The van der Waals surface area contributed by atoms with Crippen LogP contribution in [0.3, 0.4) is 0 Å².